The van der Waals surface area contributed by atoms with E-state index in [1.165, 1.54) is 0 Å². The van der Waals surface area contributed by atoms with E-state index in [4.69, 9.17) is 11.6 Å². The van der Waals surface area contributed by atoms with Crippen LogP contribution >= 0.6 is 11.6 Å². The summed E-state index contributed by atoms with van der Waals surface area (Å²) in [6.45, 7) is 0. The zero-order valence-electron chi connectivity index (χ0n) is 8.26. The molecule has 16 heavy (non-hydrogen) atoms. The lowest BCUT2D eigenvalue weighted by Crippen LogP contribution is -1.89. The van der Waals surface area contributed by atoms with E-state index in [2.05, 4.69) is 12.8 Å². The molecule has 0 radical (unpaired) electrons. The molecule has 0 unspecified atom stereocenters. The first kappa shape index (κ1) is 11.0. The summed E-state index contributed by atoms with van der Waals surface area (Å²) in [4.78, 5) is 11.0. The monoisotopic (exact) mass is 249 g/mol. The normalized spacial score (nSPS) is 10.1. The first-order valence-electron chi connectivity index (χ1n) is 4.68. The Morgan fingerprint density at radius 3 is 2.25 bits per heavy atom. The van der Waals surface area contributed by atoms with Gasteiger partial charge in [0.25, 0.3) is 5.69 Å². The second-order valence-corrected chi connectivity index (χ2v) is 4.03. The van der Waals surface area contributed by atoms with Gasteiger partial charge in [-0.05, 0) is 23.3 Å². The lowest BCUT2D eigenvalue weighted by molar-refractivity contribution is -0.262. The standard InChI is InChI=1S/C12H8ClNOS/c13-11-8-10(6-7-12(11)14(15)16)9-4-2-1-3-5-9/h1-8H. The van der Waals surface area contributed by atoms with Gasteiger partial charge in [0.05, 0.1) is 0 Å². The van der Waals surface area contributed by atoms with Crippen molar-refractivity contribution >= 4 is 30.1 Å². The number of halogens is 1. The molecule has 0 aliphatic rings. The van der Waals surface area contributed by atoms with E-state index in [1.54, 1.807) is 12.1 Å². The van der Waals surface area contributed by atoms with E-state index in [1.807, 2.05) is 36.4 Å². The van der Waals surface area contributed by atoms with E-state index in [0.29, 0.717) is 14.9 Å². The summed E-state index contributed by atoms with van der Waals surface area (Å²) in [7, 11) is 0. The Kier molecular flexibility index (Phi) is 3.17. The van der Waals surface area contributed by atoms with E-state index >= 15 is 0 Å². The molecule has 0 atom stereocenters. The smallest absolute Gasteiger partial charge is 0.256 e. The summed E-state index contributed by atoms with van der Waals surface area (Å²) in [5.74, 6) is 0. The molecule has 0 aliphatic heterocycles. The Morgan fingerprint density at radius 2 is 1.69 bits per heavy atom. The molecule has 2 aromatic rings. The predicted molar refractivity (Wildman–Crippen MR) is 67.5 cm³/mol. The molecule has 2 aromatic carbocycles. The third-order valence-corrected chi connectivity index (χ3v) is 2.75. The lowest BCUT2D eigenvalue weighted by Gasteiger charge is -2.03. The zero-order chi connectivity index (χ0) is 11.5. The van der Waals surface area contributed by atoms with Crippen molar-refractivity contribution in [1.82, 2.24) is 0 Å². The molecule has 0 saturated heterocycles. The van der Waals surface area contributed by atoms with E-state index < -0.39 is 0 Å². The van der Waals surface area contributed by atoms with Crippen LogP contribution in [-0.4, -0.2) is 4.17 Å². The minimum absolute atomic E-state index is 0.302. The van der Waals surface area contributed by atoms with Crippen LogP contribution in [0.4, 0.5) is 5.69 Å². The Balaban J connectivity index is 2.46. The van der Waals surface area contributed by atoms with E-state index in [0.717, 1.165) is 11.1 Å². The van der Waals surface area contributed by atoms with Crippen LogP contribution in [0.15, 0.2) is 48.5 Å². The summed E-state index contributed by atoms with van der Waals surface area (Å²) < 4.78 is 0.344. The third-order valence-electron chi connectivity index (χ3n) is 2.25. The highest BCUT2D eigenvalue weighted by atomic mass is 35.5. The quantitative estimate of drug-likeness (QED) is 0.595. The van der Waals surface area contributed by atoms with Crippen LogP contribution in [0.25, 0.3) is 11.1 Å². The average Bonchev–Trinajstić information content (AvgIpc) is 2.29. The van der Waals surface area contributed by atoms with Crippen molar-refractivity contribution in [2.45, 2.75) is 0 Å². The first-order chi connectivity index (χ1) is 7.68. The van der Waals surface area contributed by atoms with Gasteiger partial charge in [-0.1, -0.05) is 46.1 Å². The Hall–Kier alpha value is -1.45. The number of hydrogen-bond donors (Lipinski definition) is 0. The number of hydrogen-bond acceptors (Lipinski definition) is 2. The highest BCUT2D eigenvalue weighted by Crippen LogP contribution is 2.29. The highest BCUT2D eigenvalue weighted by Gasteiger charge is 2.09. The van der Waals surface area contributed by atoms with Gasteiger partial charge < -0.3 is 12.8 Å². The minimum Gasteiger partial charge on any atom is -0.364 e. The Bertz CT molecular complexity index is 528. The largest absolute Gasteiger partial charge is 0.364 e. The van der Waals surface area contributed by atoms with Crippen LogP contribution in [0.3, 0.4) is 0 Å². The molecule has 0 saturated carbocycles. The Labute approximate surface area is 104 Å². The van der Waals surface area contributed by atoms with Crippen LogP contribution < -0.4 is 0 Å². The van der Waals surface area contributed by atoms with Crippen molar-refractivity contribution < 1.29 is 4.17 Å². The van der Waals surface area contributed by atoms with Crippen molar-refractivity contribution in [3.63, 3.8) is 0 Å². The molecular weight excluding hydrogens is 242 g/mol. The zero-order valence-corrected chi connectivity index (χ0v) is 9.83. The van der Waals surface area contributed by atoms with Crippen molar-refractivity contribution in [3.05, 3.63) is 58.5 Å². The predicted octanol–water partition coefficient (Wildman–Crippen LogP) is 3.88. The van der Waals surface area contributed by atoms with Crippen molar-refractivity contribution in [1.29, 1.82) is 0 Å². The number of rotatable bonds is 2. The molecule has 2 nitrogen and oxygen atoms in total. The van der Waals surface area contributed by atoms with Crippen LogP contribution in [0.1, 0.15) is 0 Å². The fourth-order valence-electron chi connectivity index (χ4n) is 1.47. The third kappa shape index (κ3) is 2.21. The van der Waals surface area contributed by atoms with Gasteiger partial charge >= 0.3 is 0 Å². The molecule has 0 spiro atoms. The van der Waals surface area contributed by atoms with Crippen LogP contribution in [0.2, 0.25) is 5.02 Å². The van der Waals surface area contributed by atoms with Crippen molar-refractivity contribution in [3.8, 4) is 11.1 Å². The second kappa shape index (κ2) is 4.60. The fourth-order valence-corrected chi connectivity index (χ4v) is 1.93. The van der Waals surface area contributed by atoms with Gasteiger partial charge in [0.15, 0.2) is 0 Å². The Morgan fingerprint density at radius 1 is 1.00 bits per heavy atom. The summed E-state index contributed by atoms with van der Waals surface area (Å²) in [5.41, 5.74) is 2.32. The van der Waals surface area contributed by atoms with Crippen molar-refractivity contribution in [2.75, 3.05) is 0 Å². The van der Waals surface area contributed by atoms with Crippen LogP contribution in [-0.2, 0) is 12.8 Å². The first-order valence-corrected chi connectivity index (χ1v) is 5.42. The minimum atomic E-state index is 0.302. The van der Waals surface area contributed by atoms with E-state index in [-0.39, 0.29) is 0 Å². The van der Waals surface area contributed by atoms with Crippen LogP contribution in [0.5, 0.6) is 0 Å². The molecule has 80 valence electrons. The van der Waals surface area contributed by atoms with Gasteiger partial charge in [0.2, 0.25) is 0 Å². The fraction of sp³-hybridized carbons (Fsp3) is 0. The SMILES string of the molecule is O=[N+]([S-])c1ccc(-c2ccccc2)cc1Cl. The molecule has 0 aliphatic carbocycles. The number of benzene rings is 2. The van der Waals surface area contributed by atoms with Gasteiger partial charge in [-0.3, -0.25) is 0 Å². The topological polar surface area (TPSA) is 20.1 Å². The molecule has 0 bridgehead atoms. The second-order valence-electron chi connectivity index (χ2n) is 3.29. The van der Waals surface area contributed by atoms with Gasteiger partial charge in [0.1, 0.15) is 5.02 Å². The maximum atomic E-state index is 11.0. The molecule has 2 rings (SSSR count). The molecule has 0 amide bonds. The summed E-state index contributed by atoms with van der Waals surface area (Å²) in [5, 5.41) is 0.367. The summed E-state index contributed by atoms with van der Waals surface area (Å²) >= 11 is 10.5. The number of nitroso groups, excluding NO2 is 1. The maximum absolute atomic E-state index is 11.0. The van der Waals surface area contributed by atoms with E-state index in [9.17, 15) is 4.91 Å². The molecule has 0 heterocycles. The molecular formula is C12H8ClNOS. The highest BCUT2D eigenvalue weighted by molar-refractivity contribution is 7.51. The molecule has 0 N–H and O–H groups in total. The molecule has 4 heteroatoms. The number of nitrogens with zero attached hydrogens (tertiary/aromatic N) is 1. The average molecular weight is 250 g/mol. The summed E-state index contributed by atoms with van der Waals surface area (Å²) in [6, 6.07) is 15.0. The maximum Gasteiger partial charge on any atom is 0.256 e. The lowest BCUT2D eigenvalue weighted by atomic mass is 10.1. The van der Waals surface area contributed by atoms with Gasteiger partial charge in [-0.15, -0.1) is 0 Å². The molecule has 0 fully saturated rings. The molecule has 0 aromatic heterocycles. The van der Waals surface area contributed by atoms with Gasteiger partial charge in [-0.25, -0.2) is 0 Å². The van der Waals surface area contributed by atoms with Gasteiger partial charge in [0, 0.05) is 11.0 Å². The summed E-state index contributed by atoms with van der Waals surface area (Å²) in [6.07, 6.45) is 0. The van der Waals surface area contributed by atoms with Crippen molar-refractivity contribution in [2.24, 2.45) is 0 Å². The van der Waals surface area contributed by atoms with Gasteiger partial charge in [-0.2, -0.15) is 0 Å². The van der Waals surface area contributed by atoms with Crippen LogP contribution in [0, 0.1) is 4.91 Å².